The van der Waals surface area contributed by atoms with Crippen molar-refractivity contribution in [3.05, 3.63) is 29.6 Å². The normalized spacial score (nSPS) is 15.2. The first-order chi connectivity index (χ1) is 7.68. The summed E-state index contributed by atoms with van der Waals surface area (Å²) < 4.78 is 13.8. The molecule has 1 aliphatic heterocycles. The fraction of sp³-hybridized carbons (Fsp3) is 0.417. The van der Waals surface area contributed by atoms with Gasteiger partial charge in [-0.3, -0.25) is 5.41 Å². The highest BCUT2D eigenvalue weighted by molar-refractivity contribution is 5.95. The lowest BCUT2D eigenvalue weighted by atomic mass is 10.1. The van der Waals surface area contributed by atoms with E-state index in [0.29, 0.717) is 11.3 Å². The van der Waals surface area contributed by atoms with E-state index < -0.39 is 0 Å². The summed E-state index contributed by atoms with van der Waals surface area (Å²) >= 11 is 0. The molecule has 3 nitrogen and oxygen atoms in total. The number of halogens is 2. The molecule has 1 aromatic carbocycles. The maximum atomic E-state index is 13.8. The van der Waals surface area contributed by atoms with Crippen molar-refractivity contribution >= 4 is 23.9 Å². The van der Waals surface area contributed by atoms with E-state index in [2.05, 4.69) is 4.90 Å². The van der Waals surface area contributed by atoms with Gasteiger partial charge in [0.15, 0.2) is 0 Å². The summed E-state index contributed by atoms with van der Waals surface area (Å²) in [4.78, 5) is 2.06. The zero-order valence-corrected chi connectivity index (χ0v) is 10.4. The molecule has 0 aliphatic carbocycles. The second-order valence-electron chi connectivity index (χ2n) is 4.13. The van der Waals surface area contributed by atoms with Gasteiger partial charge in [0.2, 0.25) is 0 Å². The van der Waals surface area contributed by atoms with Gasteiger partial charge in [-0.2, -0.15) is 0 Å². The predicted molar refractivity (Wildman–Crippen MR) is 70.7 cm³/mol. The molecule has 0 unspecified atom stereocenters. The van der Waals surface area contributed by atoms with E-state index in [4.69, 9.17) is 11.1 Å². The van der Waals surface area contributed by atoms with E-state index in [9.17, 15) is 4.39 Å². The van der Waals surface area contributed by atoms with Gasteiger partial charge in [0.1, 0.15) is 11.7 Å². The molecule has 3 N–H and O–H groups in total. The molecule has 0 aromatic heterocycles. The van der Waals surface area contributed by atoms with Crippen LogP contribution >= 0.6 is 12.4 Å². The Labute approximate surface area is 107 Å². The van der Waals surface area contributed by atoms with Gasteiger partial charge >= 0.3 is 0 Å². The quantitative estimate of drug-likeness (QED) is 0.632. The second kappa shape index (κ2) is 5.87. The minimum atomic E-state index is -0.283. The van der Waals surface area contributed by atoms with E-state index in [1.54, 1.807) is 12.1 Å². The monoisotopic (exact) mass is 257 g/mol. The second-order valence-corrected chi connectivity index (χ2v) is 4.13. The van der Waals surface area contributed by atoms with Crippen molar-refractivity contribution in [3.63, 3.8) is 0 Å². The minimum absolute atomic E-state index is 0. The molecule has 5 heteroatoms. The summed E-state index contributed by atoms with van der Waals surface area (Å²) in [5.41, 5.74) is 6.39. The van der Waals surface area contributed by atoms with Crippen LogP contribution < -0.4 is 10.6 Å². The number of nitrogens with one attached hydrogen (secondary N) is 1. The topological polar surface area (TPSA) is 53.1 Å². The summed E-state index contributed by atoms with van der Waals surface area (Å²) in [7, 11) is 0. The number of nitrogens with zero attached hydrogens (tertiary/aromatic N) is 1. The number of rotatable bonds is 2. The average Bonchev–Trinajstić information content (AvgIpc) is 2.30. The van der Waals surface area contributed by atoms with Crippen LogP contribution in [-0.4, -0.2) is 18.9 Å². The molecule has 1 aliphatic rings. The zero-order chi connectivity index (χ0) is 11.5. The number of anilines is 1. The van der Waals surface area contributed by atoms with Crippen LogP contribution in [0.2, 0.25) is 0 Å². The van der Waals surface area contributed by atoms with E-state index in [0.717, 1.165) is 25.9 Å². The molecule has 0 saturated carbocycles. The van der Waals surface area contributed by atoms with Crippen LogP contribution in [-0.2, 0) is 0 Å². The van der Waals surface area contributed by atoms with Crippen molar-refractivity contribution in [1.29, 1.82) is 5.41 Å². The van der Waals surface area contributed by atoms with Gasteiger partial charge in [0.05, 0.1) is 5.69 Å². The number of benzene rings is 1. The van der Waals surface area contributed by atoms with E-state index in [1.807, 2.05) is 0 Å². The van der Waals surface area contributed by atoms with Crippen LogP contribution in [0.5, 0.6) is 0 Å². The third-order valence-electron chi connectivity index (χ3n) is 2.96. The molecule has 2 rings (SSSR count). The number of nitrogen functional groups attached to an aromatic ring is 1. The maximum Gasteiger partial charge on any atom is 0.147 e. The Morgan fingerprint density at radius 3 is 2.41 bits per heavy atom. The lowest BCUT2D eigenvalue weighted by Crippen LogP contribution is -2.30. The van der Waals surface area contributed by atoms with Gasteiger partial charge in [-0.15, -0.1) is 12.4 Å². The molecule has 0 radical (unpaired) electrons. The fourth-order valence-corrected chi connectivity index (χ4v) is 2.07. The predicted octanol–water partition coefficient (Wildman–Crippen LogP) is 2.52. The number of hydrogen-bond acceptors (Lipinski definition) is 2. The Hall–Kier alpha value is -1.29. The average molecular weight is 258 g/mol. The smallest absolute Gasteiger partial charge is 0.147 e. The molecule has 1 aromatic rings. The largest absolute Gasteiger partial charge is 0.384 e. The number of amidine groups is 1. The van der Waals surface area contributed by atoms with Gasteiger partial charge in [0, 0.05) is 18.7 Å². The maximum absolute atomic E-state index is 13.8. The Morgan fingerprint density at radius 2 is 1.88 bits per heavy atom. The molecule has 17 heavy (non-hydrogen) atoms. The number of hydrogen-bond donors (Lipinski definition) is 2. The van der Waals surface area contributed by atoms with E-state index in [-0.39, 0.29) is 24.1 Å². The third-order valence-corrected chi connectivity index (χ3v) is 2.96. The third kappa shape index (κ3) is 3.09. The first-order valence-electron chi connectivity index (χ1n) is 5.57. The Balaban J connectivity index is 0.00000144. The van der Waals surface area contributed by atoms with Gasteiger partial charge in [-0.05, 0) is 37.5 Å². The molecular weight excluding hydrogens is 241 g/mol. The standard InChI is InChI=1S/C12H16FN3.ClH/c13-10-8-9(12(14)15)4-5-11(10)16-6-2-1-3-7-16;/h4-5,8H,1-3,6-7H2,(H3,14,15);1H. The lowest BCUT2D eigenvalue weighted by Gasteiger charge is -2.29. The number of piperidine rings is 1. The van der Waals surface area contributed by atoms with Crippen LogP contribution in [0.4, 0.5) is 10.1 Å². The SMILES string of the molecule is Cl.N=C(N)c1ccc(N2CCCCC2)c(F)c1. The van der Waals surface area contributed by atoms with Crippen molar-refractivity contribution in [2.75, 3.05) is 18.0 Å². The van der Waals surface area contributed by atoms with Crippen LogP contribution in [0, 0.1) is 11.2 Å². The highest BCUT2D eigenvalue weighted by Gasteiger charge is 2.15. The summed E-state index contributed by atoms with van der Waals surface area (Å²) in [5, 5.41) is 7.24. The van der Waals surface area contributed by atoms with E-state index >= 15 is 0 Å². The van der Waals surface area contributed by atoms with Gasteiger partial charge in [-0.1, -0.05) is 0 Å². The molecule has 0 amide bonds. The molecule has 94 valence electrons. The Bertz CT molecular complexity index is 403. The van der Waals surface area contributed by atoms with Crippen molar-refractivity contribution in [2.24, 2.45) is 5.73 Å². The summed E-state index contributed by atoms with van der Waals surface area (Å²) in [6.07, 6.45) is 3.46. The molecule has 1 heterocycles. The van der Waals surface area contributed by atoms with Crippen LogP contribution in [0.15, 0.2) is 18.2 Å². The minimum Gasteiger partial charge on any atom is -0.384 e. The van der Waals surface area contributed by atoms with Crippen molar-refractivity contribution < 1.29 is 4.39 Å². The summed E-state index contributed by atoms with van der Waals surface area (Å²) in [6, 6.07) is 4.76. The molecule has 1 fully saturated rings. The van der Waals surface area contributed by atoms with Gasteiger partial charge in [0.25, 0.3) is 0 Å². The molecule has 0 spiro atoms. The van der Waals surface area contributed by atoms with E-state index in [1.165, 1.54) is 12.5 Å². The first-order valence-corrected chi connectivity index (χ1v) is 5.57. The molecular formula is C12H17ClFN3. The molecule has 0 atom stereocenters. The van der Waals surface area contributed by atoms with Gasteiger partial charge < -0.3 is 10.6 Å². The summed E-state index contributed by atoms with van der Waals surface area (Å²) in [6.45, 7) is 1.83. The lowest BCUT2D eigenvalue weighted by molar-refractivity contribution is 0.557. The van der Waals surface area contributed by atoms with Gasteiger partial charge in [-0.25, -0.2) is 4.39 Å². The summed E-state index contributed by atoms with van der Waals surface area (Å²) in [5.74, 6) is -0.376. The van der Waals surface area contributed by atoms with Crippen molar-refractivity contribution in [2.45, 2.75) is 19.3 Å². The Kier molecular flexibility index (Phi) is 4.75. The highest BCUT2D eigenvalue weighted by atomic mass is 35.5. The molecule has 1 saturated heterocycles. The van der Waals surface area contributed by atoms with Crippen LogP contribution in [0.1, 0.15) is 24.8 Å². The van der Waals surface area contributed by atoms with Crippen molar-refractivity contribution in [1.82, 2.24) is 0 Å². The van der Waals surface area contributed by atoms with Crippen LogP contribution in [0.3, 0.4) is 0 Å². The van der Waals surface area contributed by atoms with Crippen molar-refractivity contribution in [3.8, 4) is 0 Å². The number of nitrogens with two attached hydrogens (primary N) is 1. The molecule has 0 bridgehead atoms. The zero-order valence-electron chi connectivity index (χ0n) is 9.58. The first kappa shape index (κ1) is 13.8. The fourth-order valence-electron chi connectivity index (χ4n) is 2.07. The highest BCUT2D eigenvalue weighted by Crippen LogP contribution is 2.23. The Morgan fingerprint density at radius 1 is 1.24 bits per heavy atom. The van der Waals surface area contributed by atoms with Crippen LogP contribution in [0.25, 0.3) is 0 Å².